The van der Waals surface area contributed by atoms with E-state index in [0.717, 1.165) is 49.1 Å². The highest BCUT2D eigenvalue weighted by Crippen LogP contribution is 2.44. The molecule has 1 saturated heterocycles. The minimum absolute atomic E-state index is 0. The van der Waals surface area contributed by atoms with Gasteiger partial charge in [0.1, 0.15) is 5.82 Å². The average molecular weight is 403 g/mol. The molecular weight excluding hydrogens is 372 g/mol. The van der Waals surface area contributed by atoms with E-state index in [2.05, 4.69) is 35.0 Å². The fourth-order valence-corrected chi connectivity index (χ4v) is 5.84. The van der Waals surface area contributed by atoms with Crippen molar-refractivity contribution in [3.8, 4) is 0 Å². The number of nitrogens with zero attached hydrogens (tertiary/aromatic N) is 2. The SMILES string of the molecule is Cc1ccc2nc(C3CCCN3C(=O)C3CC4CCCC(C3)C4N)[nH]c2c1.Cl. The van der Waals surface area contributed by atoms with Crippen LogP contribution in [-0.4, -0.2) is 33.4 Å². The first-order valence-corrected chi connectivity index (χ1v) is 10.6. The summed E-state index contributed by atoms with van der Waals surface area (Å²) < 4.78 is 0. The predicted molar refractivity (Wildman–Crippen MR) is 113 cm³/mol. The lowest BCUT2D eigenvalue weighted by Gasteiger charge is -2.44. The number of hydrogen-bond donors (Lipinski definition) is 2. The maximum atomic E-state index is 13.4. The highest BCUT2D eigenvalue weighted by Gasteiger charge is 2.43. The van der Waals surface area contributed by atoms with E-state index < -0.39 is 0 Å². The molecule has 3 aliphatic rings. The number of imidazole rings is 1. The van der Waals surface area contributed by atoms with Gasteiger partial charge in [0.15, 0.2) is 0 Å². The summed E-state index contributed by atoms with van der Waals surface area (Å²) in [6, 6.07) is 6.71. The molecule has 28 heavy (non-hydrogen) atoms. The van der Waals surface area contributed by atoms with Crippen LogP contribution in [0.2, 0.25) is 0 Å². The minimum Gasteiger partial charge on any atom is -0.340 e. The maximum absolute atomic E-state index is 13.4. The molecule has 1 aromatic heterocycles. The third kappa shape index (κ3) is 3.33. The van der Waals surface area contributed by atoms with E-state index in [9.17, 15) is 4.79 Å². The standard InChI is InChI=1S/C22H30N4O.ClH/c1-13-7-8-17-18(10-13)25-21(24-17)19-6-3-9-26(19)22(27)16-11-14-4-2-5-15(12-16)20(14)23;/h7-8,10,14-16,19-20H,2-6,9,11-12,23H2,1H3,(H,24,25);1H. The summed E-state index contributed by atoms with van der Waals surface area (Å²) in [7, 11) is 0. The fraction of sp³-hybridized carbons (Fsp3) is 0.636. The van der Waals surface area contributed by atoms with Gasteiger partial charge in [-0.25, -0.2) is 4.98 Å². The summed E-state index contributed by atoms with van der Waals surface area (Å²) in [4.78, 5) is 23.8. The number of amides is 1. The van der Waals surface area contributed by atoms with Crippen LogP contribution in [0.1, 0.15) is 62.4 Å². The average Bonchev–Trinajstić information content (AvgIpc) is 3.27. The number of rotatable bonds is 2. The van der Waals surface area contributed by atoms with Crippen LogP contribution in [0.25, 0.3) is 11.0 Å². The van der Waals surface area contributed by atoms with Crippen LogP contribution in [0.3, 0.4) is 0 Å². The smallest absolute Gasteiger partial charge is 0.226 e. The highest BCUT2D eigenvalue weighted by molar-refractivity contribution is 5.85. The molecule has 5 rings (SSSR count). The quantitative estimate of drug-likeness (QED) is 0.793. The number of aromatic amines is 1. The zero-order valence-corrected chi connectivity index (χ0v) is 17.4. The molecule has 1 aromatic carbocycles. The Bertz CT molecular complexity index is 851. The lowest BCUT2D eigenvalue weighted by Crippen LogP contribution is -2.49. The van der Waals surface area contributed by atoms with Crippen LogP contribution in [0.15, 0.2) is 18.2 Å². The Labute approximate surface area is 172 Å². The van der Waals surface area contributed by atoms with Gasteiger partial charge in [-0.05, 0) is 75.0 Å². The topological polar surface area (TPSA) is 75.0 Å². The first-order chi connectivity index (χ1) is 13.1. The van der Waals surface area contributed by atoms with E-state index >= 15 is 0 Å². The van der Waals surface area contributed by atoms with Crippen molar-refractivity contribution in [2.24, 2.45) is 23.5 Å². The van der Waals surface area contributed by atoms with E-state index in [1.807, 2.05) is 0 Å². The van der Waals surface area contributed by atoms with Gasteiger partial charge in [0, 0.05) is 18.5 Å². The molecule has 2 bridgehead atoms. The first kappa shape index (κ1) is 19.7. The van der Waals surface area contributed by atoms with Gasteiger partial charge < -0.3 is 15.6 Å². The molecular formula is C22H31ClN4O. The van der Waals surface area contributed by atoms with E-state index in [-0.39, 0.29) is 24.4 Å². The molecule has 5 nitrogen and oxygen atoms in total. The number of nitrogens with one attached hydrogen (secondary N) is 1. The van der Waals surface area contributed by atoms with Crippen molar-refractivity contribution in [3.63, 3.8) is 0 Å². The van der Waals surface area contributed by atoms with Crippen molar-refractivity contribution in [3.05, 3.63) is 29.6 Å². The largest absolute Gasteiger partial charge is 0.340 e. The summed E-state index contributed by atoms with van der Waals surface area (Å²) in [6.45, 7) is 2.95. The molecule has 2 aromatic rings. The van der Waals surface area contributed by atoms with Crippen molar-refractivity contribution in [2.45, 2.75) is 64.0 Å². The molecule has 1 aliphatic heterocycles. The molecule has 3 atom stereocenters. The Morgan fingerprint density at radius 3 is 2.68 bits per heavy atom. The Hall–Kier alpha value is -1.59. The van der Waals surface area contributed by atoms with Crippen LogP contribution in [0.4, 0.5) is 0 Å². The number of aryl methyl sites for hydroxylation is 1. The molecule has 152 valence electrons. The summed E-state index contributed by atoms with van der Waals surface area (Å²) in [5, 5.41) is 0. The van der Waals surface area contributed by atoms with Gasteiger partial charge >= 0.3 is 0 Å². The number of halogens is 1. The van der Waals surface area contributed by atoms with E-state index in [0.29, 0.717) is 23.8 Å². The normalized spacial score (nSPS) is 32.4. The van der Waals surface area contributed by atoms with Crippen LogP contribution < -0.4 is 5.73 Å². The van der Waals surface area contributed by atoms with Gasteiger partial charge in [-0.2, -0.15) is 0 Å². The zero-order chi connectivity index (χ0) is 18.5. The maximum Gasteiger partial charge on any atom is 0.226 e. The molecule has 2 aliphatic carbocycles. The second-order valence-corrected chi connectivity index (χ2v) is 9.03. The predicted octanol–water partition coefficient (Wildman–Crippen LogP) is 4.11. The second kappa shape index (κ2) is 7.68. The Kier molecular flexibility index (Phi) is 5.41. The minimum atomic E-state index is 0. The van der Waals surface area contributed by atoms with Crippen LogP contribution in [-0.2, 0) is 4.79 Å². The molecule has 3 N–H and O–H groups in total. The number of aromatic nitrogens is 2. The number of carbonyl (C=O) groups is 1. The Balaban J connectivity index is 0.00000192. The van der Waals surface area contributed by atoms with Crippen molar-refractivity contribution < 1.29 is 4.79 Å². The Morgan fingerprint density at radius 2 is 1.93 bits per heavy atom. The molecule has 0 radical (unpaired) electrons. The number of carbonyl (C=O) groups excluding carboxylic acids is 1. The fourth-order valence-electron chi connectivity index (χ4n) is 5.84. The molecule has 3 fully saturated rings. The van der Waals surface area contributed by atoms with Crippen LogP contribution in [0.5, 0.6) is 0 Å². The van der Waals surface area contributed by atoms with Gasteiger partial charge in [0.05, 0.1) is 17.1 Å². The van der Waals surface area contributed by atoms with Crippen molar-refractivity contribution in [2.75, 3.05) is 6.54 Å². The zero-order valence-electron chi connectivity index (χ0n) is 16.6. The van der Waals surface area contributed by atoms with Gasteiger partial charge in [0.2, 0.25) is 5.91 Å². The van der Waals surface area contributed by atoms with Crippen LogP contribution in [0, 0.1) is 24.7 Å². The molecule has 6 heteroatoms. The van der Waals surface area contributed by atoms with Crippen molar-refractivity contribution >= 4 is 29.3 Å². The van der Waals surface area contributed by atoms with Gasteiger partial charge in [-0.15, -0.1) is 12.4 Å². The van der Waals surface area contributed by atoms with Crippen molar-refractivity contribution in [1.29, 1.82) is 0 Å². The van der Waals surface area contributed by atoms with Gasteiger partial charge in [-0.3, -0.25) is 4.79 Å². The molecule has 2 heterocycles. The third-order valence-corrected chi connectivity index (χ3v) is 7.27. The van der Waals surface area contributed by atoms with Gasteiger partial charge in [-0.1, -0.05) is 12.5 Å². The number of nitrogens with two attached hydrogens (primary N) is 1. The highest BCUT2D eigenvalue weighted by atomic mass is 35.5. The number of hydrogen-bond acceptors (Lipinski definition) is 3. The van der Waals surface area contributed by atoms with E-state index in [1.54, 1.807) is 0 Å². The lowest BCUT2D eigenvalue weighted by molar-refractivity contribution is -0.139. The van der Waals surface area contributed by atoms with Gasteiger partial charge in [0.25, 0.3) is 0 Å². The van der Waals surface area contributed by atoms with E-state index in [1.165, 1.54) is 24.8 Å². The van der Waals surface area contributed by atoms with Crippen LogP contribution >= 0.6 is 12.4 Å². The number of H-pyrrole nitrogens is 1. The molecule has 2 saturated carbocycles. The number of fused-ring (bicyclic) bond motifs is 3. The van der Waals surface area contributed by atoms with Crippen molar-refractivity contribution in [1.82, 2.24) is 14.9 Å². The van der Waals surface area contributed by atoms with E-state index in [4.69, 9.17) is 10.7 Å². The third-order valence-electron chi connectivity index (χ3n) is 7.27. The number of benzene rings is 1. The lowest BCUT2D eigenvalue weighted by atomic mass is 9.65. The molecule has 0 spiro atoms. The molecule has 3 unspecified atom stereocenters. The Morgan fingerprint density at radius 1 is 1.18 bits per heavy atom. The monoisotopic (exact) mass is 402 g/mol. The first-order valence-electron chi connectivity index (χ1n) is 10.6. The second-order valence-electron chi connectivity index (χ2n) is 9.03. The summed E-state index contributed by atoms with van der Waals surface area (Å²) >= 11 is 0. The summed E-state index contributed by atoms with van der Waals surface area (Å²) in [5.74, 6) is 2.54. The summed E-state index contributed by atoms with van der Waals surface area (Å²) in [6.07, 6.45) is 7.73. The summed E-state index contributed by atoms with van der Waals surface area (Å²) in [5.41, 5.74) is 9.72. The number of likely N-dealkylation sites (tertiary alicyclic amines) is 1. The molecule has 1 amide bonds.